The number of hydrogen-bond donors (Lipinski definition) is 1. The second-order valence-corrected chi connectivity index (χ2v) is 11.3. The summed E-state index contributed by atoms with van der Waals surface area (Å²) in [6, 6.07) is 10.1. The van der Waals surface area contributed by atoms with Gasteiger partial charge in [0, 0.05) is 30.0 Å². The van der Waals surface area contributed by atoms with Crippen LogP contribution in [-0.4, -0.2) is 29.9 Å². The second kappa shape index (κ2) is 9.14. The molecule has 1 saturated carbocycles. The van der Waals surface area contributed by atoms with Crippen molar-refractivity contribution in [3.8, 4) is 0 Å². The summed E-state index contributed by atoms with van der Waals surface area (Å²) in [6.45, 7) is 5.45. The van der Waals surface area contributed by atoms with Crippen molar-refractivity contribution in [2.75, 3.05) is 13.1 Å². The first-order valence-corrected chi connectivity index (χ1v) is 12.8. The minimum absolute atomic E-state index is 0.0255. The zero-order chi connectivity index (χ0) is 27.5. The molecule has 0 unspecified atom stereocenters. The largest absolute Gasteiger partial charge is 0.416 e. The number of alkyl halides is 6. The lowest BCUT2D eigenvalue weighted by Crippen LogP contribution is -2.59. The van der Waals surface area contributed by atoms with Crippen LogP contribution in [0.3, 0.4) is 0 Å². The van der Waals surface area contributed by atoms with E-state index in [0.29, 0.717) is 30.9 Å². The van der Waals surface area contributed by atoms with E-state index >= 15 is 0 Å². The van der Waals surface area contributed by atoms with Gasteiger partial charge in [-0.3, -0.25) is 9.69 Å². The third-order valence-corrected chi connectivity index (χ3v) is 8.76. The van der Waals surface area contributed by atoms with Crippen molar-refractivity contribution in [1.29, 1.82) is 0 Å². The number of nitrogens with one attached hydrogen (secondary N) is 1. The number of carbonyl (C=O) groups is 1. The van der Waals surface area contributed by atoms with E-state index in [-0.39, 0.29) is 29.0 Å². The molecule has 2 aliphatic carbocycles. The van der Waals surface area contributed by atoms with Gasteiger partial charge >= 0.3 is 12.4 Å². The number of fused-ring (bicyclic) bond motifs is 2. The minimum atomic E-state index is -4.92. The molecular weight excluding hydrogens is 506 g/mol. The van der Waals surface area contributed by atoms with Crippen LogP contribution in [0.1, 0.15) is 60.9 Å². The van der Waals surface area contributed by atoms with Gasteiger partial charge in [-0.15, -0.1) is 0 Å². The van der Waals surface area contributed by atoms with E-state index in [9.17, 15) is 31.1 Å². The molecule has 0 radical (unpaired) electrons. The zero-order valence-electron chi connectivity index (χ0n) is 21.2. The van der Waals surface area contributed by atoms with Crippen molar-refractivity contribution in [1.82, 2.24) is 10.2 Å². The number of likely N-dealkylation sites (tertiary alicyclic amines) is 1. The number of nitrogens with zero attached hydrogens (tertiary/aromatic N) is 1. The van der Waals surface area contributed by atoms with Gasteiger partial charge in [0.25, 0.3) is 0 Å². The van der Waals surface area contributed by atoms with E-state index < -0.39 is 35.4 Å². The lowest BCUT2D eigenvalue weighted by atomic mass is 9.63. The van der Waals surface area contributed by atoms with Crippen LogP contribution in [0.5, 0.6) is 0 Å². The Morgan fingerprint density at radius 2 is 1.66 bits per heavy atom. The van der Waals surface area contributed by atoms with Gasteiger partial charge in [0.15, 0.2) is 0 Å². The Balaban J connectivity index is 1.19. The Bertz CT molecular complexity index is 1230. The fraction of sp³-hybridized carbons (Fsp3) is 0.483. The summed E-state index contributed by atoms with van der Waals surface area (Å²) < 4.78 is 78.9. The Morgan fingerprint density at radius 3 is 2.26 bits per heavy atom. The first-order valence-electron chi connectivity index (χ1n) is 12.8. The van der Waals surface area contributed by atoms with E-state index in [2.05, 4.69) is 47.5 Å². The summed E-state index contributed by atoms with van der Waals surface area (Å²) in [7, 11) is 0. The van der Waals surface area contributed by atoms with Gasteiger partial charge in [-0.2, -0.15) is 26.3 Å². The van der Waals surface area contributed by atoms with Crippen molar-refractivity contribution in [2.45, 2.75) is 63.5 Å². The fourth-order valence-corrected chi connectivity index (χ4v) is 6.50. The predicted octanol–water partition coefficient (Wildman–Crippen LogP) is 6.82. The molecule has 38 heavy (non-hydrogen) atoms. The number of piperidine rings is 1. The molecular formula is C29H30F6N2O. The monoisotopic (exact) mass is 536 g/mol. The molecule has 1 amide bonds. The van der Waals surface area contributed by atoms with E-state index in [4.69, 9.17) is 0 Å². The van der Waals surface area contributed by atoms with Crippen LogP contribution >= 0.6 is 0 Å². The van der Waals surface area contributed by atoms with Crippen LogP contribution in [0.25, 0.3) is 6.08 Å². The highest BCUT2D eigenvalue weighted by Gasteiger charge is 2.51. The topological polar surface area (TPSA) is 32.3 Å². The molecule has 9 heteroatoms. The average Bonchev–Trinajstić information content (AvgIpc) is 3.20. The standard InChI is InChI=1S/C29H30F6N2O/c1-18-17-37(10-9-27(18)8-7-20-5-3-4-6-24(20)27)23-14-26(2,15-23)25(38)36-16-19-11-21(28(30,31)32)13-22(12-19)29(33,34)35/h3-8,11-13,18,23H,9-10,14-17H2,1-2H3,(H,36,38)/t18-,23?,26?,27-/m0/s1. The zero-order valence-corrected chi connectivity index (χ0v) is 21.2. The molecule has 3 nitrogen and oxygen atoms in total. The lowest BCUT2D eigenvalue weighted by molar-refractivity contribution is -0.143. The van der Waals surface area contributed by atoms with Crippen LogP contribution in [0.4, 0.5) is 26.3 Å². The number of amides is 1. The maximum Gasteiger partial charge on any atom is 0.416 e. The summed E-state index contributed by atoms with van der Waals surface area (Å²) >= 11 is 0. The maximum absolute atomic E-state index is 13.1. The quantitative estimate of drug-likeness (QED) is 0.435. The molecule has 1 spiro atoms. The SMILES string of the molecule is C[C@H]1CN(C2CC(C)(C(=O)NCc3cc(C(F)(F)F)cc(C(F)(F)F)c3)C2)CC[C@@]12C=Cc1ccccc12. The molecule has 5 rings (SSSR count). The summed E-state index contributed by atoms with van der Waals surface area (Å²) in [6.07, 6.45) is -3.13. The number of carbonyl (C=O) groups excluding carboxylic acids is 1. The number of hydrogen-bond acceptors (Lipinski definition) is 2. The van der Waals surface area contributed by atoms with E-state index in [1.807, 2.05) is 6.07 Å². The van der Waals surface area contributed by atoms with Crippen molar-refractivity contribution in [3.63, 3.8) is 0 Å². The van der Waals surface area contributed by atoms with Gasteiger partial charge in [-0.25, -0.2) is 0 Å². The average molecular weight is 537 g/mol. The number of benzene rings is 2. The molecule has 2 fully saturated rings. The van der Waals surface area contributed by atoms with Crippen LogP contribution in [-0.2, 0) is 29.1 Å². The Labute approximate surface area is 217 Å². The third-order valence-electron chi connectivity index (χ3n) is 8.76. The Hall–Kier alpha value is -2.81. The normalized spacial score (nSPS) is 29.3. The summed E-state index contributed by atoms with van der Waals surface area (Å²) in [5.74, 6) is 0.0365. The highest BCUT2D eigenvalue weighted by atomic mass is 19.4. The first-order chi connectivity index (χ1) is 17.7. The van der Waals surface area contributed by atoms with Crippen molar-refractivity contribution in [3.05, 3.63) is 76.4 Å². The number of allylic oxidation sites excluding steroid dienone is 1. The minimum Gasteiger partial charge on any atom is -0.352 e. The van der Waals surface area contributed by atoms with Crippen LogP contribution in [0.15, 0.2) is 48.5 Å². The Kier molecular flexibility index (Phi) is 6.44. The highest BCUT2D eigenvalue weighted by Crippen LogP contribution is 2.50. The van der Waals surface area contributed by atoms with E-state index in [1.54, 1.807) is 6.92 Å². The molecule has 204 valence electrons. The summed E-state index contributed by atoms with van der Waals surface area (Å²) in [4.78, 5) is 15.4. The van der Waals surface area contributed by atoms with E-state index in [0.717, 1.165) is 19.5 Å². The van der Waals surface area contributed by atoms with Crippen molar-refractivity contribution >= 4 is 12.0 Å². The summed E-state index contributed by atoms with van der Waals surface area (Å²) in [5.41, 5.74) is -1.06. The van der Waals surface area contributed by atoms with Gasteiger partial charge in [0.1, 0.15) is 0 Å². The van der Waals surface area contributed by atoms with Crippen LogP contribution < -0.4 is 5.32 Å². The molecule has 0 aromatic heterocycles. The van der Waals surface area contributed by atoms with E-state index in [1.165, 1.54) is 11.1 Å². The Morgan fingerprint density at radius 1 is 1.03 bits per heavy atom. The van der Waals surface area contributed by atoms with Gasteiger partial charge in [-0.05, 0) is 66.6 Å². The van der Waals surface area contributed by atoms with Crippen LogP contribution in [0.2, 0.25) is 0 Å². The second-order valence-electron chi connectivity index (χ2n) is 11.3. The molecule has 1 heterocycles. The predicted molar refractivity (Wildman–Crippen MR) is 132 cm³/mol. The van der Waals surface area contributed by atoms with Gasteiger partial charge < -0.3 is 5.32 Å². The first kappa shape index (κ1) is 26.8. The van der Waals surface area contributed by atoms with Crippen molar-refractivity contribution < 1.29 is 31.1 Å². The van der Waals surface area contributed by atoms with Crippen LogP contribution in [0, 0.1) is 11.3 Å². The molecule has 1 N–H and O–H groups in total. The smallest absolute Gasteiger partial charge is 0.352 e. The lowest BCUT2D eigenvalue weighted by Gasteiger charge is -2.53. The molecule has 2 atom stereocenters. The number of halogens is 6. The molecule has 1 saturated heterocycles. The van der Waals surface area contributed by atoms with Gasteiger partial charge in [-0.1, -0.05) is 50.3 Å². The number of rotatable bonds is 4. The molecule has 1 aliphatic heterocycles. The molecule has 2 aromatic carbocycles. The van der Waals surface area contributed by atoms with Gasteiger partial charge in [0.05, 0.1) is 11.1 Å². The summed E-state index contributed by atoms with van der Waals surface area (Å²) in [5, 5.41) is 2.58. The molecule has 0 bridgehead atoms. The maximum atomic E-state index is 13.1. The molecule has 2 aromatic rings. The van der Waals surface area contributed by atoms with Crippen molar-refractivity contribution in [2.24, 2.45) is 11.3 Å². The van der Waals surface area contributed by atoms with Gasteiger partial charge in [0.2, 0.25) is 5.91 Å². The molecule has 3 aliphatic rings. The highest BCUT2D eigenvalue weighted by molar-refractivity contribution is 5.83. The third kappa shape index (κ3) is 4.74. The fourth-order valence-electron chi connectivity index (χ4n) is 6.50.